The highest BCUT2D eigenvalue weighted by molar-refractivity contribution is 5.29. The summed E-state index contributed by atoms with van der Waals surface area (Å²) in [6.45, 7) is 4.69. The number of aliphatic hydroxyl groups is 2. The van der Waals surface area contributed by atoms with E-state index in [-0.39, 0.29) is 23.0 Å². The molecule has 0 aromatic heterocycles. The molecule has 0 bridgehead atoms. The van der Waals surface area contributed by atoms with Gasteiger partial charge in [-0.3, -0.25) is 0 Å². The molecule has 3 nitrogen and oxygen atoms in total. The molecule has 4 aliphatic carbocycles. The molecule has 0 unspecified atom stereocenters. The molecule has 4 fully saturated rings. The van der Waals surface area contributed by atoms with E-state index in [4.69, 9.17) is 5.26 Å². The van der Waals surface area contributed by atoms with Crippen LogP contribution < -0.4 is 0 Å². The first-order valence-electron chi connectivity index (χ1n) is 9.85. The van der Waals surface area contributed by atoms with Gasteiger partial charge in [-0.05, 0) is 85.9 Å². The van der Waals surface area contributed by atoms with Crippen LogP contribution in [0.4, 0.5) is 0 Å². The van der Waals surface area contributed by atoms with Gasteiger partial charge >= 0.3 is 0 Å². The minimum absolute atomic E-state index is 0.0215. The van der Waals surface area contributed by atoms with Gasteiger partial charge in [-0.15, -0.1) is 0 Å². The van der Waals surface area contributed by atoms with Crippen molar-refractivity contribution in [2.75, 3.05) is 0 Å². The SMILES string of the molecule is C[C@]12CC[C@@H](O)C[C@H]1CC[C@@H]1[C@@H]2[C@@H](O)C[C@]2(C)/C(=C\C#N)CC[C@@H]12. The fourth-order valence-corrected chi connectivity index (χ4v) is 7.52. The predicted molar refractivity (Wildman–Crippen MR) is 92.8 cm³/mol. The number of hydrogen-bond acceptors (Lipinski definition) is 3. The minimum atomic E-state index is -0.264. The fourth-order valence-electron chi connectivity index (χ4n) is 7.52. The van der Waals surface area contributed by atoms with E-state index in [1.54, 1.807) is 6.08 Å². The molecule has 132 valence electrons. The van der Waals surface area contributed by atoms with Gasteiger partial charge in [0.05, 0.1) is 18.3 Å². The molecule has 4 saturated carbocycles. The zero-order valence-corrected chi connectivity index (χ0v) is 15.0. The molecule has 3 heteroatoms. The van der Waals surface area contributed by atoms with E-state index in [2.05, 4.69) is 19.9 Å². The summed E-state index contributed by atoms with van der Waals surface area (Å²) in [6.07, 6.45) is 9.65. The highest BCUT2D eigenvalue weighted by atomic mass is 16.3. The van der Waals surface area contributed by atoms with E-state index >= 15 is 0 Å². The summed E-state index contributed by atoms with van der Waals surface area (Å²) in [6, 6.07) is 2.24. The molecule has 0 amide bonds. The van der Waals surface area contributed by atoms with E-state index in [1.807, 2.05) is 0 Å². The van der Waals surface area contributed by atoms with Crippen LogP contribution in [0.1, 0.15) is 65.2 Å². The number of fused-ring (bicyclic) bond motifs is 5. The molecule has 0 aromatic carbocycles. The maximum Gasteiger partial charge on any atom is 0.0911 e. The maximum atomic E-state index is 11.2. The molecule has 24 heavy (non-hydrogen) atoms. The second-order valence-electron chi connectivity index (χ2n) is 9.53. The molecule has 4 rings (SSSR count). The van der Waals surface area contributed by atoms with E-state index < -0.39 is 0 Å². The number of allylic oxidation sites excluding steroid dienone is 2. The lowest BCUT2D eigenvalue weighted by molar-refractivity contribution is -0.167. The Balaban J connectivity index is 1.69. The first-order chi connectivity index (χ1) is 11.4. The van der Waals surface area contributed by atoms with Gasteiger partial charge in [-0.1, -0.05) is 19.4 Å². The highest BCUT2D eigenvalue weighted by Crippen LogP contribution is 2.67. The molecule has 2 N–H and O–H groups in total. The van der Waals surface area contributed by atoms with Crippen molar-refractivity contribution in [1.82, 2.24) is 0 Å². The number of nitriles is 1. The van der Waals surface area contributed by atoms with E-state index in [0.717, 1.165) is 32.1 Å². The average Bonchev–Trinajstić information content (AvgIpc) is 2.84. The van der Waals surface area contributed by atoms with Crippen molar-refractivity contribution in [3.8, 4) is 6.07 Å². The quantitative estimate of drug-likeness (QED) is 0.664. The first kappa shape index (κ1) is 16.6. The molecule has 4 aliphatic rings. The van der Waals surface area contributed by atoms with E-state index in [1.165, 1.54) is 24.8 Å². The summed E-state index contributed by atoms with van der Waals surface area (Å²) in [5, 5.41) is 30.4. The number of aliphatic hydroxyl groups excluding tert-OH is 2. The fraction of sp³-hybridized carbons (Fsp3) is 0.857. The van der Waals surface area contributed by atoms with Crippen molar-refractivity contribution in [1.29, 1.82) is 5.26 Å². The maximum absolute atomic E-state index is 11.2. The van der Waals surface area contributed by atoms with Crippen molar-refractivity contribution in [2.24, 2.45) is 34.5 Å². The molecular weight excluding hydrogens is 298 g/mol. The van der Waals surface area contributed by atoms with Gasteiger partial charge in [0.15, 0.2) is 0 Å². The summed E-state index contributed by atoms with van der Waals surface area (Å²) >= 11 is 0. The lowest BCUT2D eigenvalue weighted by Crippen LogP contribution is -2.58. The average molecular weight is 329 g/mol. The Hall–Kier alpha value is -0.850. The Morgan fingerprint density at radius 1 is 1.17 bits per heavy atom. The molecule has 0 radical (unpaired) electrons. The lowest BCUT2D eigenvalue weighted by atomic mass is 9.44. The largest absolute Gasteiger partial charge is 0.393 e. The Morgan fingerprint density at radius 2 is 1.96 bits per heavy atom. The van der Waals surface area contributed by atoms with Crippen molar-refractivity contribution in [3.63, 3.8) is 0 Å². The third-order valence-corrected chi connectivity index (χ3v) is 8.66. The number of rotatable bonds is 0. The van der Waals surface area contributed by atoms with E-state index in [0.29, 0.717) is 23.7 Å². The third-order valence-electron chi connectivity index (χ3n) is 8.66. The molecule has 0 saturated heterocycles. The van der Waals surface area contributed by atoms with Crippen LogP contribution >= 0.6 is 0 Å². The number of hydrogen-bond donors (Lipinski definition) is 2. The van der Waals surface area contributed by atoms with Crippen LogP contribution in [0, 0.1) is 45.8 Å². The molecule has 8 atom stereocenters. The van der Waals surface area contributed by atoms with Crippen molar-refractivity contribution in [2.45, 2.75) is 77.4 Å². The van der Waals surface area contributed by atoms with Crippen LogP contribution in [0.5, 0.6) is 0 Å². The predicted octanol–water partition coefficient (Wildman–Crippen LogP) is 3.81. The van der Waals surface area contributed by atoms with E-state index in [9.17, 15) is 10.2 Å². The smallest absolute Gasteiger partial charge is 0.0911 e. The molecule has 0 aliphatic heterocycles. The van der Waals surface area contributed by atoms with Gasteiger partial charge < -0.3 is 10.2 Å². The molecule has 0 heterocycles. The van der Waals surface area contributed by atoms with Gasteiger partial charge in [0.1, 0.15) is 0 Å². The summed E-state index contributed by atoms with van der Waals surface area (Å²) in [5.74, 6) is 2.15. The molecule has 0 spiro atoms. The van der Waals surface area contributed by atoms with Crippen LogP contribution in [0.25, 0.3) is 0 Å². The molecule has 0 aromatic rings. The van der Waals surface area contributed by atoms with Gasteiger partial charge in [-0.2, -0.15) is 5.26 Å². The molecular formula is C21H31NO2. The summed E-state index contributed by atoms with van der Waals surface area (Å²) in [7, 11) is 0. The van der Waals surface area contributed by atoms with Gasteiger partial charge in [-0.25, -0.2) is 0 Å². The second-order valence-corrected chi connectivity index (χ2v) is 9.53. The zero-order valence-electron chi connectivity index (χ0n) is 15.0. The third kappa shape index (κ3) is 2.15. The standard InChI is InChI=1S/C21H31NO2/c1-20-9-7-15(23)11-14(20)3-5-16-17-6-4-13(8-10-22)21(17,2)12-18(24)19(16)20/h8,14-19,23-24H,3-7,9,11-12H2,1-2H3/b13-8-/t14-,15-,16+,17+,18+,19-,20+,21-/m1/s1. The Morgan fingerprint density at radius 3 is 2.71 bits per heavy atom. The van der Waals surface area contributed by atoms with Gasteiger partial charge in [0, 0.05) is 6.08 Å². The Labute approximate surface area is 145 Å². The van der Waals surface area contributed by atoms with Gasteiger partial charge in [0.25, 0.3) is 0 Å². The Kier molecular flexibility index (Phi) is 3.86. The zero-order chi connectivity index (χ0) is 17.1. The van der Waals surface area contributed by atoms with Crippen molar-refractivity contribution in [3.05, 3.63) is 11.6 Å². The highest BCUT2D eigenvalue weighted by Gasteiger charge is 2.61. The summed E-state index contributed by atoms with van der Waals surface area (Å²) in [4.78, 5) is 0. The van der Waals surface area contributed by atoms with Crippen LogP contribution in [-0.2, 0) is 0 Å². The van der Waals surface area contributed by atoms with Crippen LogP contribution in [0.3, 0.4) is 0 Å². The van der Waals surface area contributed by atoms with Crippen molar-refractivity contribution < 1.29 is 10.2 Å². The lowest BCUT2D eigenvalue weighted by Gasteiger charge is -2.61. The van der Waals surface area contributed by atoms with Crippen molar-refractivity contribution >= 4 is 0 Å². The summed E-state index contributed by atoms with van der Waals surface area (Å²) in [5.41, 5.74) is 1.48. The normalized spacial score (nSPS) is 55.4. The summed E-state index contributed by atoms with van der Waals surface area (Å²) < 4.78 is 0. The monoisotopic (exact) mass is 329 g/mol. The topological polar surface area (TPSA) is 64.2 Å². The second kappa shape index (κ2) is 5.58. The van der Waals surface area contributed by atoms with Crippen LogP contribution in [-0.4, -0.2) is 22.4 Å². The van der Waals surface area contributed by atoms with Crippen LogP contribution in [0.15, 0.2) is 11.6 Å². The first-order valence-corrected chi connectivity index (χ1v) is 9.85. The number of nitrogens with zero attached hydrogens (tertiary/aromatic N) is 1. The minimum Gasteiger partial charge on any atom is -0.393 e. The van der Waals surface area contributed by atoms with Crippen LogP contribution in [0.2, 0.25) is 0 Å². The Bertz CT molecular complexity index is 593. The van der Waals surface area contributed by atoms with Gasteiger partial charge in [0.2, 0.25) is 0 Å².